The van der Waals surface area contributed by atoms with Gasteiger partial charge in [0.1, 0.15) is 0 Å². The van der Waals surface area contributed by atoms with E-state index < -0.39 is 0 Å². The highest BCUT2D eigenvalue weighted by Gasteiger charge is 2.34. The summed E-state index contributed by atoms with van der Waals surface area (Å²) in [5, 5.41) is 12.1. The fourth-order valence-electron chi connectivity index (χ4n) is 1.93. The number of aliphatic hydroxyl groups is 1. The molecule has 1 aliphatic carbocycles. The van der Waals surface area contributed by atoms with Gasteiger partial charge in [-0.25, -0.2) is 0 Å². The molecule has 1 N–H and O–H groups in total. The van der Waals surface area contributed by atoms with E-state index in [1.54, 1.807) is 11.3 Å². The van der Waals surface area contributed by atoms with Crippen LogP contribution in [0.25, 0.3) is 0 Å². The van der Waals surface area contributed by atoms with Crippen molar-refractivity contribution in [1.29, 1.82) is 0 Å². The van der Waals surface area contributed by atoms with Gasteiger partial charge in [-0.15, -0.1) is 11.3 Å². The highest BCUT2D eigenvalue weighted by Crippen LogP contribution is 2.45. The van der Waals surface area contributed by atoms with Gasteiger partial charge < -0.3 is 14.6 Å². The average molecular weight is 226 g/mol. The molecule has 1 aliphatic heterocycles. The van der Waals surface area contributed by atoms with Crippen molar-refractivity contribution in [2.75, 3.05) is 13.2 Å². The molecule has 1 unspecified atom stereocenters. The lowest BCUT2D eigenvalue weighted by atomic mass is 10.1. The van der Waals surface area contributed by atoms with Crippen molar-refractivity contribution in [2.24, 2.45) is 5.92 Å². The molecule has 2 fully saturated rings. The topological polar surface area (TPSA) is 38.7 Å². The predicted molar refractivity (Wildman–Crippen MR) is 56.6 cm³/mol. The summed E-state index contributed by atoms with van der Waals surface area (Å²) in [5.74, 6) is 0.462. The van der Waals surface area contributed by atoms with E-state index >= 15 is 0 Å². The van der Waals surface area contributed by atoms with Crippen LogP contribution in [-0.4, -0.2) is 18.3 Å². The van der Waals surface area contributed by atoms with Crippen molar-refractivity contribution in [2.45, 2.75) is 25.2 Å². The van der Waals surface area contributed by atoms with Crippen LogP contribution in [-0.2, 0) is 9.47 Å². The molecule has 0 radical (unpaired) electrons. The molecule has 3 rings (SSSR count). The largest absolute Gasteiger partial charge is 0.387 e. The van der Waals surface area contributed by atoms with Gasteiger partial charge in [0.15, 0.2) is 6.29 Å². The maximum absolute atomic E-state index is 10.1. The fourth-order valence-corrected chi connectivity index (χ4v) is 2.92. The van der Waals surface area contributed by atoms with Gasteiger partial charge in [0.2, 0.25) is 0 Å². The molecule has 0 aromatic carbocycles. The third kappa shape index (κ3) is 1.83. The Kier molecular flexibility index (Phi) is 2.52. The Labute approximate surface area is 92.6 Å². The van der Waals surface area contributed by atoms with E-state index in [1.807, 2.05) is 11.4 Å². The van der Waals surface area contributed by atoms with Crippen molar-refractivity contribution in [3.05, 3.63) is 21.9 Å². The molecule has 1 saturated carbocycles. The van der Waals surface area contributed by atoms with E-state index in [9.17, 15) is 5.11 Å². The SMILES string of the molecule is OC(c1sccc1C1OCCO1)C1CC1. The first-order valence-electron chi connectivity index (χ1n) is 5.35. The zero-order chi connectivity index (χ0) is 10.3. The van der Waals surface area contributed by atoms with E-state index in [4.69, 9.17) is 9.47 Å². The van der Waals surface area contributed by atoms with Gasteiger partial charge in [-0.3, -0.25) is 0 Å². The van der Waals surface area contributed by atoms with Gasteiger partial charge in [0, 0.05) is 10.4 Å². The normalized spacial score (nSPS) is 24.6. The third-order valence-corrected chi connectivity index (χ3v) is 3.94. The monoisotopic (exact) mass is 226 g/mol. The summed E-state index contributed by atoms with van der Waals surface area (Å²) >= 11 is 1.60. The summed E-state index contributed by atoms with van der Waals surface area (Å²) in [6, 6.07) is 2.00. The molecule has 15 heavy (non-hydrogen) atoms. The Morgan fingerprint density at radius 2 is 2.07 bits per heavy atom. The maximum atomic E-state index is 10.1. The zero-order valence-corrected chi connectivity index (χ0v) is 9.20. The molecule has 0 amide bonds. The number of hydrogen-bond donors (Lipinski definition) is 1. The Balaban J connectivity index is 1.84. The second kappa shape index (κ2) is 3.87. The van der Waals surface area contributed by atoms with Crippen molar-refractivity contribution in [1.82, 2.24) is 0 Å². The molecule has 4 heteroatoms. The van der Waals surface area contributed by atoms with Gasteiger partial charge in [-0.1, -0.05) is 0 Å². The maximum Gasteiger partial charge on any atom is 0.185 e. The number of rotatable bonds is 3. The second-order valence-electron chi connectivity index (χ2n) is 4.10. The highest BCUT2D eigenvalue weighted by molar-refractivity contribution is 7.10. The quantitative estimate of drug-likeness (QED) is 0.859. The summed E-state index contributed by atoms with van der Waals surface area (Å²) < 4.78 is 10.9. The van der Waals surface area contributed by atoms with Crippen LogP contribution in [0.3, 0.4) is 0 Å². The molecular weight excluding hydrogens is 212 g/mol. The summed E-state index contributed by atoms with van der Waals surface area (Å²) in [6.07, 6.45) is 1.72. The molecule has 1 aromatic heterocycles. The molecule has 1 saturated heterocycles. The standard InChI is InChI=1S/C11H14O3S/c12-9(7-1-2-7)10-8(3-6-15-10)11-13-4-5-14-11/h3,6-7,9,11-12H,1-2,4-5H2. The summed E-state index contributed by atoms with van der Waals surface area (Å²) in [7, 11) is 0. The van der Waals surface area contributed by atoms with Crippen molar-refractivity contribution >= 4 is 11.3 Å². The molecule has 3 nitrogen and oxygen atoms in total. The predicted octanol–water partition coefficient (Wildman–Crippen LogP) is 2.24. The fraction of sp³-hybridized carbons (Fsp3) is 0.636. The minimum Gasteiger partial charge on any atom is -0.387 e. The molecule has 1 aromatic rings. The van der Waals surface area contributed by atoms with Crippen LogP contribution in [0.15, 0.2) is 11.4 Å². The van der Waals surface area contributed by atoms with Crippen LogP contribution in [0, 0.1) is 5.92 Å². The Morgan fingerprint density at radius 3 is 2.73 bits per heavy atom. The smallest absolute Gasteiger partial charge is 0.185 e. The molecule has 0 bridgehead atoms. The third-order valence-electron chi connectivity index (χ3n) is 2.94. The van der Waals surface area contributed by atoms with Gasteiger partial charge in [-0.05, 0) is 30.2 Å². The number of ether oxygens (including phenoxy) is 2. The van der Waals surface area contributed by atoms with E-state index in [1.165, 1.54) is 0 Å². The molecule has 82 valence electrons. The number of thiophene rings is 1. The zero-order valence-electron chi connectivity index (χ0n) is 8.39. The minimum atomic E-state index is -0.312. The molecule has 2 aliphatic rings. The van der Waals surface area contributed by atoms with Crippen molar-refractivity contribution in [3.63, 3.8) is 0 Å². The van der Waals surface area contributed by atoms with Gasteiger partial charge in [0.05, 0.1) is 19.3 Å². The van der Waals surface area contributed by atoms with Gasteiger partial charge >= 0.3 is 0 Å². The van der Waals surface area contributed by atoms with E-state index in [0.717, 1.165) is 23.3 Å². The Hall–Kier alpha value is -0.420. The van der Waals surface area contributed by atoms with E-state index in [2.05, 4.69) is 0 Å². The first-order chi connectivity index (χ1) is 7.36. The van der Waals surface area contributed by atoms with Crippen LogP contribution < -0.4 is 0 Å². The number of hydrogen-bond acceptors (Lipinski definition) is 4. The minimum absolute atomic E-state index is 0.250. The first-order valence-corrected chi connectivity index (χ1v) is 6.23. The Bertz CT molecular complexity index is 323. The van der Waals surface area contributed by atoms with Crippen LogP contribution >= 0.6 is 11.3 Å². The highest BCUT2D eigenvalue weighted by atomic mass is 32.1. The van der Waals surface area contributed by atoms with Crippen LogP contribution in [0.1, 0.15) is 35.7 Å². The summed E-state index contributed by atoms with van der Waals surface area (Å²) in [6.45, 7) is 1.30. The first kappa shape index (κ1) is 9.78. The van der Waals surface area contributed by atoms with Crippen molar-refractivity contribution < 1.29 is 14.6 Å². The molecule has 1 atom stereocenters. The lowest BCUT2D eigenvalue weighted by Crippen LogP contribution is -2.05. The number of aliphatic hydroxyl groups excluding tert-OH is 1. The van der Waals surface area contributed by atoms with Gasteiger partial charge in [-0.2, -0.15) is 0 Å². The van der Waals surface area contributed by atoms with Crippen LogP contribution in [0.2, 0.25) is 0 Å². The molecule has 2 heterocycles. The Morgan fingerprint density at radius 1 is 1.33 bits per heavy atom. The summed E-state index contributed by atoms with van der Waals surface area (Å²) in [4.78, 5) is 1.03. The second-order valence-corrected chi connectivity index (χ2v) is 5.04. The lowest BCUT2D eigenvalue weighted by molar-refractivity contribution is -0.0457. The molecule has 0 spiro atoms. The van der Waals surface area contributed by atoms with E-state index in [-0.39, 0.29) is 12.4 Å². The molecular formula is C11H14O3S. The van der Waals surface area contributed by atoms with Crippen LogP contribution in [0.5, 0.6) is 0 Å². The summed E-state index contributed by atoms with van der Waals surface area (Å²) in [5.41, 5.74) is 1.02. The van der Waals surface area contributed by atoms with Crippen LogP contribution in [0.4, 0.5) is 0 Å². The average Bonchev–Trinajstić information content (AvgIpc) is 2.80. The lowest BCUT2D eigenvalue weighted by Gasteiger charge is -2.14. The van der Waals surface area contributed by atoms with Gasteiger partial charge in [0.25, 0.3) is 0 Å². The van der Waals surface area contributed by atoms with Crippen molar-refractivity contribution in [3.8, 4) is 0 Å². The van der Waals surface area contributed by atoms with E-state index in [0.29, 0.717) is 19.1 Å².